The van der Waals surface area contributed by atoms with Gasteiger partial charge in [-0.1, -0.05) is 11.6 Å². The minimum absolute atomic E-state index is 0.124. The summed E-state index contributed by atoms with van der Waals surface area (Å²) in [5.41, 5.74) is 0.278. The number of amides is 1. The van der Waals surface area contributed by atoms with E-state index < -0.39 is 0 Å². The van der Waals surface area contributed by atoms with Crippen molar-refractivity contribution in [1.82, 2.24) is 4.98 Å². The number of hydrogen-bond donors (Lipinski definition) is 2. The third-order valence-corrected chi connectivity index (χ3v) is 2.50. The molecule has 2 N–H and O–H groups in total. The largest absolute Gasteiger partial charge is 0.484 e. The van der Waals surface area contributed by atoms with Gasteiger partial charge in [0.25, 0.3) is 5.91 Å². The predicted molar refractivity (Wildman–Crippen MR) is 72.6 cm³/mol. The van der Waals surface area contributed by atoms with E-state index in [-0.39, 0.29) is 18.1 Å². The Labute approximate surface area is 114 Å². The van der Waals surface area contributed by atoms with E-state index in [1.807, 2.05) is 0 Å². The first-order chi connectivity index (χ1) is 9.13. The summed E-state index contributed by atoms with van der Waals surface area (Å²) in [4.78, 5) is 24.9. The van der Waals surface area contributed by atoms with Crippen molar-refractivity contribution in [2.24, 2.45) is 0 Å². The van der Waals surface area contributed by atoms with Crippen LogP contribution in [0.25, 0.3) is 0 Å². The van der Waals surface area contributed by atoms with Crippen LogP contribution in [0.3, 0.4) is 0 Å². The molecule has 98 valence electrons. The Morgan fingerprint density at radius 3 is 2.58 bits per heavy atom. The molecule has 1 heterocycles. The lowest BCUT2D eigenvalue weighted by molar-refractivity contribution is -0.118. The number of halogens is 1. The highest BCUT2D eigenvalue weighted by Gasteiger charge is 2.03. The normalized spacial score (nSPS) is 9.95. The summed E-state index contributed by atoms with van der Waals surface area (Å²) in [6.45, 7) is -0.124. The Balaban J connectivity index is 1.86. The maximum absolute atomic E-state index is 11.6. The number of carbonyl (C=O) groups is 1. The molecule has 0 bridgehead atoms. The number of aromatic nitrogens is 1. The lowest BCUT2D eigenvalue weighted by atomic mass is 10.3. The van der Waals surface area contributed by atoms with Crippen LogP contribution in [0.15, 0.2) is 47.4 Å². The van der Waals surface area contributed by atoms with Crippen LogP contribution in [0, 0.1) is 0 Å². The molecular weight excluding hydrogens is 268 g/mol. The van der Waals surface area contributed by atoms with Gasteiger partial charge in [0.2, 0.25) is 5.56 Å². The van der Waals surface area contributed by atoms with Crippen molar-refractivity contribution in [3.8, 4) is 5.75 Å². The highest BCUT2D eigenvalue weighted by atomic mass is 35.5. The SMILES string of the molecule is O=C(COc1ccc(Cl)cc1)Nc1ccc(=O)[nH]c1. The lowest BCUT2D eigenvalue weighted by Crippen LogP contribution is -2.20. The highest BCUT2D eigenvalue weighted by molar-refractivity contribution is 6.30. The van der Waals surface area contributed by atoms with Crippen LogP contribution < -0.4 is 15.6 Å². The third kappa shape index (κ3) is 4.15. The average molecular weight is 279 g/mol. The van der Waals surface area contributed by atoms with Gasteiger partial charge in [-0.3, -0.25) is 9.59 Å². The molecule has 5 nitrogen and oxygen atoms in total. The topological polar surface area (TPSA) is 71.2 Å². The first kappa shape index (κ1) is 13.2. The molecule has 1 aromatic heterocycles. The van der Waals surface area contributed by atoms with Gasteiger partial charge in [0.15, 0.2) is 6.61 Å². The maximum Gasteiger partial charge on any atom is 0.262 e. The molecule has 19 heavy (non-hydrogen) atoms. The van der Waals surface area contributed by atoms with Gasteiger partial charge in [0.1, 0.15) is 5.75 Å². The molecule has 0 spiro atoms. The fourth-order valence-corrected chi connectivity index (χ4v) is 1.49. The van der Waals surface area contributed by atoms with Crippen LogP contribution in [0.2, 0.25) is 5.02 Å². The van der Waals surface area contributed by atoms with E-state index >= 15 is 0 Å². The summed E-state index contributed by atoms with van der Waals surface area (Å²) in [6, 6.07) is 9.55. The van der Waals surface area contributed by atoms with Crippen molar-refractivity contribution in [1.29, 1.82) is 0 Å². The number of carbonyl (C=O) groups excluding carboxylic acids is 1. The zero-order valence-corrected chi connectivity index (χ0v) is 10.6. The average Bonchev–Trinajstić information content (AvgIpc) is 2.41. The summed E-state index contributed by atoms with van der Waals surface area (Å²) < 4.78 is 5.28. The van der Waals surface area contributed by atoms with Crippen LogP contribution in [0.4, 0.5) is 5.69 Å². The molecule has 6 heteroatoms. The summed E-state index contributed by atoms with van der Waals surface area (Å²) in [5.74, 6) is 0.239. The lowest BCUT2D eigenvalue weighted by Gasteiger charge is -2.07. The molecule has 0 aliphatic carbocycles. The van der Waals surface area contributed by atoms with Crippen molar-refractivity contribution >= 4 is 23.2 Å². The molecule has 0 fully saturated rings. The van der Waals surface area contributed by atoms with Crippen molar-refractivity contribution in [3.05, 3.63) is 58.0 Å². The van der Waals surface area contributed by atoms with Gasteiger partial charge >= 0.3 is 0 Å². The molecule has 0 aliphatic rings. The van der Waals surface area contributed by atoms with Crippen molar-refractivity contribution in [3.63, 3.8) is 0 Å². The third-order valence-electron chi connectivity index (χ3n) is 2.25. The van der Waals surface area contributed by atoms with Gasteiger partial charge in [0, 0.05) is 17.3 Å². The van der Waals surface area contributed by atoms with Crippen LogP contribution in [-0.2, 0) is 4.79 Å². The Morgan fingerprint density at radius 2 is 1.95 bits per heavy atom. The second-order valence-corrected chi connectivity index (χ2v) is 4.17. The van der Waals surface area contributed by atoms with Gasteiger partial charge in [0.05, 0.1) is 5.69 Å². The van der Waals surface area contributed by atoms with E-state index in [4.69, 9.17) is 16.3 Å². The maximum atomic E-state index is 11.6. The van der Waals surface area contributed by atoms with E-state index in [9.17, 15) is 9.59 Å². The summed E-state index contributed by atoms with van der Waals surface area (Å²) in [7, 11) is 0. The van der Waals surface area contributed by atoms with E-state index in [1.165, 1.54) is 18.3 Å². The fourth-order valence-electron chi connectivity index (χ4n) is 1.37. The highest BCUT2D eigenvalue weighted by Crippen LogP contribution is 2.15. The number of aromatic amines is 1. The number of nitrogens with one attached hydrogen (secondary N) is 2. The minimum atomic E-state index is -0.318. The van der Waals surface area contributed by atoms with Crippen LogP contribution in [0.1, 0.15) is 0 Å². The summed E-state index contributed by atoms with van der Waals surface area (Å²) in [5, 5.41) is 3.19. The molecule has 0 saturated heterocycles. The number of benzene rings is 1. The monoisotopic (exact) mass is 278 g/mol. The predicted octanol–water partition coefficient (Wildman–Crippen LogP) is 2.05. The second kappa shape index (κ2) is 6.06. The molecule has 0 atom stereocenters. The first-order valence-electron chi connectivity index (χ1n) is 5.50. The quantitative estimate of drug-likeness (QED) is 0.899. The van der Waals surface area contributed by atoms with E-state index in [0.29, 0.717) is 16.5 Å². The summed E-state index contributed by atoms with van der Waals surface area (Å²) in [6.07, 6.45) is 1.42. The number of H-pyrrole nitrogens is 1. The van der Waals surface area contributed by atoms with Gasteiger partial charge in [-0.25, -0.2) is 0 Å². The van der Waals surface area contributed by atoms with Gasteiger partial charge in [-0.15, -0.1) is 0 Å². The van der Waals surface area contributed by atoms with E-state index in [0.717, 1.165) is 0 Å². The van der Waals surface area contributed by atoms with E-state index in [1.54, 1.807) is 24.3 Å². The zero-order valence-electron chi connectivity index (χ0n) is 9.85. The van der Waals surface area contributed by atoms with Gasteiger partial charge < -0.3 is 15.0 Å². The standard InChI is InChI=1S/C13H11ClN2O3/c14-9-1-4-11(5-2-9)19-8-13(18)16-10-3-6-12(17)15-7-10/h1-7H,8H2,(H,15,17)(H,16,18). The van der Waals surface area contributed by atoms with Crippen LogP contribution >= 0.6 is 11.6 Å². The van der Waals surface area contributed by atoms with Crippen LogP contribution in [0.5, 0.6) is 5.75 Å². The molecule has 0 radical (unpaired) electrons. The van der Waals surface area contributed by atoms with Gasteiger partial charge in [-0.05, 0) is 30.3 Å². The Bertz CT molecular complexity index is 602. The molecule has 1 aromatic carbocycles. The number of ether oxygens (including phenoxy) is 1. The van der Waals surface area contributed by atoms with E-state index in [2.05, 4.69) is 10.3 Å². The van der Waals surface area contributed by atoms with Crippen LogP contribution in [-0.4, -0.2) is 17.5 Å². The Kier molecular flexibility index (Phi) is 4.20. The number of anilines is 1. The van der Waals surface area contributed by atoms with Crippen molar-refractivity contribution in [2.45, 2.75) is 0 Å². The Morgan fingerprint density at radius 1 is 1.21 bits per heavy atom. The van der Waals surface area contributed by atoms with Crippen molar-refractivity contribution < 1.29 is 9.53 Å². The number of pyridine rings is 1. The molecule has 0 unspecified atom stereocenters. The van der Waals surface area contributed by atoms with Crippen molar-refractivity contribution in [2.75, 3.05) is 11.9 Å². The molecule has 1 amide bonds. The first-order valence-corrected chi connectivity index (χ1v) is 5.88. The minimum Gasteiger partial charge on any atom is -0.484 e. The molecule has 0 aliphatic heterocycles. The Hall–Kier alpha value is -2.27. The molecule has 0 saturated carbocycles. The molecular formula is C13H11ClN2O3. The number of rotatable bonds is 4. The molecule has 2 rings (SSSR count). The number of hydrogen-bond acceptors (Lipinski definition) is 3. The molecule has 2 aromatic rings. The summed E-state index contributed by atoms with van der Waals surface area (Å²) >= 11 is 5.73. The second-order valence-electron chi connectivity index (χ2n) is 3.73. The van der Waals surface area contributed by atoms with Gasteiger partial charge in [-0.2, -0.15) is 0 Å². The fraction of sp³-hybridized carbons (Fsp3) is 0.0769. The zero-order chi connectivity index (χ0) is 13.7. The smallest absolute Gasteiger partial charge is 0.262 e.